The fourth-order valence-electron chi connectivity index (χ4n) is 3.06. The van der Waals surface area contributed by atoms with Gasteiger partial charge in [0.15, 0.2) is 0 Å². The molecule has 0 radical (unpaired) electrons. The van der Waals surface area contributed by atoms with E-state index in [2.05, 4.69) is 22.0 Å². The zero-order valence-corrected chi connectivity index (χ0v) is 15.0. The predicted molar refractivity (Wildman–Crippen MR) is 98.7 cm³/mol. The molecule has 0 unspecified atom stereocenters. The topological polar surface area (TPSA) is 36.4 Å². The minimum atomic E-state index is 0.0741. The molecule has 1 amide bonds. The summed E-state index contributed by atoms with van der Waals surface area (Å²) in [4.78, 5) is 22.3. The number of carbonyl (C=O) groups excluding carboxylic acids is 1. The van der Waals surface area contributed by atoms with Crippen molar-refractivity contribution in [2.45, 2.75) is 25.4 Å². The zero-order chi connectivity index (χ0) is 16.9. The number of aromatic nitrogens is 1. The number of pyridine rings is 1. The van der Waals surface area contributed by atoms with Crippen molar-refractivity contribution in [3.05, 3.63) is 58.1 Å². The molecule has 0 bridgehead atoms. The van der Waals surface area contributed by atoms with Gasteiger partial charge >= 0.3 is 0 Å². The Balaban J connectivity index is 1.69. The SMILES string of the molecule is CN(C)Cc1ccc([C@@H]2CCCN2C(=O)/C=C/c2cccs2)nc1. The second-order valence-electron chi connectivity index (χ2n) is 6.37. The minimum Gasteiger partial charge on any atom is -0.331 e. The number of carbonyl (C=O) groups is 1. The van der Waals surface area contributed by atoms with Gasteiger partial charge in [-0.3, -0.25) is 9.78 Å². The van der Waals surface area contributed by atoms with Crippen molar-refractivity contribution in [2.75, 3.05) is 20.6 Å². The summed E-state index contributed by atoms with van der Waals surface area (Å²) in [6.45, 7) is 1.68. The average Bonchev–Trinajstić information content (AvgIpc) is 3.24. The third kappa shape index (κ3) is 4.10. The number of nitrogens with zero attached hydrogens (tertiary/aromatic N) is 3. The van der Waals surface area contributed by atoms with Crippen LogP contribution in [0.2, 0.25) is 0 Å². The molecule has 24 heavy (non-hydrogen) atoms. The van der Waals surface area contributed by atoms with E-state index in [1.165, 1.54) is 5.56 Å². The first kappa shape index (κ1) is 16.9. The van der Waals surface area contributed by atoms with Gasteiger partial charge in [0.2, 0.25) is 5.91 Å². The van der Waals surface area contributed by atoms with Gasteiger partial charge in [-0.2, -0.15) is 0 Å². The van der Waals surface area contributed by atoms with Crippen molar-refractivity contribution in [1.82, 2.24) is 14.8 Å². The van der Waals surface area contributed by atoms with Crippen LogP contribution in [0.15, 0.2) is 41.9 Å². The van der Waals surface area contributed by atoms with Crippen molar-refractivity contribution in [3.63, 3.8) is 0 Å². The zero-order valence-electron chi connectivity index (χ0n) is 14.2. The van der Waals surface area contributed by atoms with Crippen LogP contribution in [0.3, 0.4) is 0 Å². The molecule has 2 aromatic heterocycles. The summed E-state index contributed by atoms with van der Waals surface area (Å²) in [5.41, 5.74) is 2.19. The van der Waals surface area contributed by atoms with Crippen LogP contribution in [0.5, 0.6) is 0 Å². The molecule has 3 rings (SSSR count). The number of thiophene rings is 1. The second kappa shape index (κ2) is 7.73. The van der Waals surface area contributed by atoms with E-state index in [4.69, 9.17) is 0 Å². The highest BCUT2D eigenvalue weighted by atomic mass is 32.1. The highest BCUT2D eigenvalue weighted by Gasteiger charge is 2.29. The molecular formula is C19H23N3OS. The smallest absolute Gasteiger partial charge is 0.247 e. The Morgan fingerprint density at radius 3 is 2.96 bits per heavy atom. The van der Waals surface area contributed by atoms with Crippen molar-refractivity contribution < 1.29 is 4.79 Å². The Morgan fingerprint density at radius 2 is 2.29 bits per heavy atom. The minimum absolute atomic E-state index is 0.0741. The van der Waals surface area contributed by atoms with Gasteiger partial charge in [-0.1, -0.05) is 12.1 Å². The predicted octanol–water partition coefficient (Wildman–Crippen LogP) is 3.58. The van der Waals surface area contributed by atoms with Gasteiger partial charge in [0.1, 0.15) is 0 Å². The van der Waals surface area contributed by atoms with Crippen LogP contribution in [0.25, 0.3) is 6.08 Å². The number of hydrogen-bond acceptors (Lipinski definition) is 4. The maximum Gasteiger partial charge on any atom is 0.247 e. The van der Waals surface area contributed by atoms with Gasteiger partial charge in [-0.25, -0.2) is 0 Å². The first-order chi connectivity index (χ1) is 11.6. The maximum absolute atomic E-state index is 12.5. The molecule has 0 aliphatic carbocycles. The lowest BCUT2D eigenvalue weighted by atomic mass is 10.1. The lowest BCUT2D eigenvalue weighted by Gasteiger charge is -2.23. The fourth-order valence-corrected chi connectivity index (χ4v) is 3.68. The third-order valence-electron chi connectivity index (χ3n) is 4.16. The van der Waals surface area contributed by atoms with Crippen LogP contribution < -0.4 is 0 Å². The molecule has 4 nitrogen and oxygen atoms in total. The molecule has 0 saturated carbocycles. The van der Waals surface area contributed by atoms with Crippen LogP contribution in [0, 0.1) is 0 Å². The molecule has 2 aromatic rings. The Hall–Kier alpha value is -1.98. The van der Waals surface area contributed by atoms with Gasteiger partial charge in [0.05, 0.1) is 11.7 Å². The van der Waals surface area contributed by atoms with Gasteiger partial charge in [0, 0.05) is 30.2 Å². The van der Waals surface area contributed by atoms with Crippen LogP contribution in [0.4, 0.5) is 0 Å². The largest absolute Gasteiger partial charge is 0.331 e. The van der Waals surface area contributed by atoms with E-state index in [1.54, 1.807) is 17.4 Å². The summed E-state index contributed by atoms with van der Waals surface area (Å²) in [5.74, 6) is 0.0741. The van der Waals surface area contributed by atoms with Crippen LogP contribution in [0.1, 0.15) is 35.0 Å². The molecule has 0 aromatic carbocycles. The second-order valence-corrected chi connectivity index (χ2v) is 7.35. The molecule has 1 aliphatic rings. The molecule has 1 saturated heterocycles. The molecule has 3 heterocycles. The molecule has 1 atom stereocenters. The van der Waals surface area contributed by atoms with Crippen molar-refractivity contribution >= 4 is 23.3 Å². The van der Waals surface area contributed by atoms with E-state index in [0.29, 0.717) is 0 Å². The summed E-state index contributed by atoms with van der Waals surface area (Å²) >= 11 is 1.64. The maximum atomic E-state index is 12.5. The number of hydrogen-bond donors (Lipinski definition) is 0. The van der Waals surface area contributed by atoms with Crippen molar-refractivity contribution in [1.29, 1.82) is 0 Å². The molecule has 0 N–H and O–H groups in total. The number of likely N-dealkylation sites (tertiary alicyclic amines) is 1. The van der Waals surface area contributed by atoms with E-state index in [9.17, 15) is 4.79 Å². The van der Waals surface area contributed by atoms with Gasteiger partial charge in [-0.05, 0) is 56.1 Å². The third-order valence-corrected chi connectivity index (χ3v) is 4.99. The number of rotatable bonds is 5. The highest BCUT2D eigenvalue weighted by molar-refractivity contribution is 7.10. The highest BCUT2D eigenvalue weighted by Crippen LogP contribution is 2.31. The molecule has 126 valence electrons. The van der Waals surface area contributed by atoms with Gasteiger partial charge in [-0.15, -0.1) is 11.3 Å². The lowest BCUT2D eigenvalue weighted by Crippen LogP contribution is -2.29. The Morgan fingerprint density at radius 1 is 1.42 bits per heavy atom. The normalized spacial score (nSPS) is 18.0. The monoisotopic (exact) mass is 341 g/mol. The van der Waals surface area contributed by atoms with Crippen LogP contribution in [-0.4, -0.2) is 41.3 Å². The summed E-state index contributed by atoms with van der Waals surface area (Å²) in [5, 5.41) is 2.02. The van der Waals surface area contributed by atoms with Gasteiger partial charge < -0.3 is 9.80 Å². The lowest BCUT2D eigenvalue weighted by molar-refractivity contribution is -0.126. The molecular weight excluding hydrogens is 318 g/mol. The van der Waals surface area contributed by atoms with E-state index in [0.717, 1.165) is 36.5 Å². The number of amides is 1. The molecule has 1 fully saturated rings. The summed E-state index contributed by atoms with van der Waals surface area (Å²) in [7, 11) is 4.09. The van der Waals surface area contributed by atoms with Crippen molar-refractivity contribution in [2.24, 2.45) is 0 Å². The average molecular weight is 341 g/mol. The Bertz CT molecular complexity index is 692. The van der Waals surface area contributed by atoms with E-state index in [1.807, 2.05) is 48.8 Å². The Kier molecular flexibility index (Phi) is 5.43. The van der Waals surface area contributed by atoms with Crippen LogP contribution in [-0.2, 0) is 11.3 Å². The van der Waals surface area contributed by atoms with Gasteiger partial charge in [0.25, 0.3) is 0 Å². The first-order valence-corrected chi connectivity index (χ1v) is 9.13. The van der Waals surface area contributed by atoms with E-state index >= 15 is 0 Å². The quantitative estimate of drug-likeness (QED) is 0.780. The van der Waals surface area contributed by atoms with Crippen LogP contribution >= 0.6 is 11.3 Å². The first-order valence-electron chi connectivity index (χ1n) is 8.25. The summed E-state index contributed by atoms with van der Waals surface area (Å²) < 4.78 is 0. The van der Waals surface area contributed by atoms with E-state index in [-0.39, 0.29) is 11.9 Å². The van der Waals surface area contributed by atoms with Crippen molar-refractivity contribution in [3.8, 4) is 0 Å². The summed E-state index contributed by atoms with van der Waals surface area (Å²) in [6, 6.07) is 8.29. The fraction of sp³-hybridized carbons (Fsp3) is 0.368. The standard InChI is InChI=1S/C19H23N3OS/c1-21(2)14-15-7-9-17(20-13-15)18-6-3-11-22(18)19(23)10-8-16-5-4-12-24-16/h4-5,7-10,12-13,18H,3,6,11,14H2,1-2H3/b10-8+/t18-/m0/s1. The Labute approximate surface area is 147 Å². The summed E-state index contributed by atoms with van der Waals surface area (Å²) in [6.07, 6.45) is 7.53. The van der Waals surface area contributed by atoms with E-state index < -0.39 is 0 Å². The molecule has 0 spiro atoms. The molecule has 1 aliphatic heterocycles. The molecule has 5 heteroatoms.